The summed E-state index contributed by atoms with van der Waals surface area (Å²) in [6.45, 7) is 4.91. The van der Waals surface area contributed by atoms with Crippen LogP contribution >= 0.6 is 0 Å². The normalized spacial score (nSPS) is 13.2. The van der Waals surface area contributed by atoms with Crippen LogP contribution in [-0.2, 0) is 6.54 Å². The maximum Gasteiger partial charge on any atom is 0.0956 e. The first kappa shape index (κ1) is 9.26. The molecule has 1 N–H and O–H groups in total. The third-order valence-electron chi connectivity index (χ3n) is 1.95. The molecule has 1 atom stereocenters. The number of aryl methyl sites for hydroxylation is 1. The fourth-order valence-electron chi connectivity index (χ4n) is 1.31. The van der Waals surface area contributed by atoms with Gasteiger partial charge < -0.3 is 5.11 Å². The monoisotopic (exact) mass is 168 g/mol. The summed E-state index contributed by atoms with van der Waals surface area (Å²) in [5.41, 5.74) is 0.930. The molecule has 0 aliphatic rings. The van der Waals surface area contributed by atoms with Crippen molar-refractivity contribution < 1.29 is 5.11 Å². The summed E-state index contributed by atoms with van der Waals surface area (Å²) in [6.07, 6.45) is 3.19. The van der Waals surface area contributed by atoms with Crippen LogP contribution in [0.1, 0.15) is 38.5 Å². The molecule has 12 heavy (non-hydrogen) atoms. The molecule has 1 aromatic rings. The second-order valence-electron chi connectivity index (χ2n) is 2.88. The summed E-state index contributed by atoms with van der Waals surface area (Å²) in [4.78, 5) is 0. The van der Waals surface area contributed by atoms with Crippen LogP contribution in [0.3, 0.4) is 0 Å². The zero-order chi connectivity index (χ0) is 8.97. The molecule has 1 rings (SSSR count). The number of aromatic nitrogens is 2. The van der Waals surface area contributed by atoms with Crippen LogP contribution in [0.25, 0.3) is 0 Å². The minimum absolute atomic E-state index is 0.350. The lowest BCUT2D eigenvalue weighted by atomic mass is 10.1. The summed E-state index contributed by atoms with van der Waals surface area (Å²) in [6, 6.07) is 1.88. The van der Waals surface area contributed by atoms with Gasteiger partial charge in [0.1, 0.15) is 0 Å². The van der Waals surface area contributed by atoms with Crippen molar-refractivity contribution in [3.63, 3.8) is 0 Å². The maximum atomic E-state index is 9.66. The maximum absolute atomic E-state index is 9.66. The summed E-state index contributed by atoms with van der Waals surface area (Å²) in [5, 5.41) is 13.8. The van der Waals surface area contributed by atoms with Gasteiger partial charge in [-0.2, -0.15) is 5.10 Å². The van der Waals surface area contributed by atoms with E-state index in [0.29, 0.717) is 0 Å². The van der Waals surface area contributed by atoms with E-state index in [9.17, 15) is 5.11 Å². The van der Waals surface area contributed by atoms with Gasteiger partial charge in [0.2, 0.25) is 0 Å². The van der Waals surface area contributed by atoms with Crippen molar-refractivity contribution in [2.45, 2.75) is 39.3 Å². The molecule has 0 aliphatic heterocycles. The number of aliphatic hydroxyl groups excluding tert-OH is 1. The van der Waals surface area contributed by atoms with Crippen molar-refractivity contribution in [3.8, 4) is 0 Å². The Balaban J connectivity index is 2.71. The van der Waals surface area contributed by atoms with Gasteiger partial charge in [-0.15, -0.1) is 0 Å². The van der Waals surface area contributed by atoms with Crippen molar-refractivity contribution in [1.82, 2.24) is 9.78 Å². The first-order valence-corrected chi connectivity index (χ1v) is 4.49. The number of hydrogen-bond donors (Lipinski definition) is 1. The second-order valence-corrected chi connectivity index (χ2v) is 2.88. The van der Waals surface area contributed by atoms with E-state index in [1.807, 2.05) is 17.7 Å². The molecule has 0 saturated carbocycles. The molecule has 3 heteroatoms. The van der Waals surface area contributed by atoms with Crippen molar-refractivity contribution in [2.75, 3.05) is 0 Å². The largest absolute Gasteiger partial charge is 0.387 e. The van der Waals surface area contributed by atoms with Crippen LogP contribution in [0.15, 0.2) is 12.3 Å². The van der Waals surface area contributed by atoms with Crippen LogP contribution < -0.4 is 0 Å². The average molecular weight is 168 g/mol. The van der Waals surface area contributed by atoms with E-state index in [4.69, 9.17) is 0 Å². The van der Waals surface area contributed by atoms with E-state index < -0.39 is 0 Å². The van der Waals surface area contributed by atoms with Crippen LogP contribution in [0, 0.1) is 0 Å². The molecule has 68 valence electrons. The molecule has 1 heterocycles. The predicted molar refractivity (Wildman–Crippen MR) is 47.8 cm³/mol. The number of nitrogens with zero attached hydrogens (tertiary/aromatic N) is 2. The summed E-state index contributed by atoms with van der Waals surface area (Å²) in [7, 11) is 0. The van der Waals surface area contributed by atoms with Gasteiger partial charge in [-0.3, -0.25) is 4.68 Å². The SMILES string of the molecule is CCCC(O)c1ccnn1CC. The highest BCUT2D eigenvalue weighted by Gasteiger charge is 2.10. The topological polar surface area (TPSA) is 38.1 Å². The Morgan fingerprint density at radius 2 is 2.33 bits per heavy atom. The minimum atomic E-state index is -0.350. The highest BCUT2D eigenvalue weighted by atomic mass is 16.3. The van der Waals surface area contributed by atoms with E-state index in [0.717, 1.165) is 25.1 Å². The van der Waals surface area contributed by atoms with Crippen molar-refractivity contribution in [3.05, 3.63) is 18.0 Å². The quantitative estimate of drug-likeness (QED) is 0.743. The van der Waals surface area contributed by atoms with E-state index in [1.165, 1.54) is 0 Å². The molecule has 0 aliphatic carbocycles. The molecule has 0 saturated heterocycles. The zero-order valence-corrected chi connectivity index (χ0v) is 7.70. The molecule has 0 bridgehead atoms. The Kier molecular flexibility index (Phi) is 3.29. The molecule has 0 radical (unpaired) electrons. The van der Waals surface area contributed by atoms with Crippen LogP contribution in [0.4, 0.5) is 0 Å². The average Bonchev–Trinajstić information content (AvgIpc) is 2.51. The fraction of sp³-hybridized carbons (Fsp3) is 0.667. The van der Waals surface area contributed by atoms with E-state index in [1.54, 1.807) is 6.20 Å². The smallest absolute Gasteiger partial charge is 0.0956 e. The van der Waals surface area contributed by atoms with E-state index >= 15 is 0 Å². The third kappa shape index (κ3) is 1.85. The molecule has 0 spiro atoms. The summed E-state index contributed by atoms with van der Waals surface area (Å²) in [5.74, 6) is 0. The van der Waals surface area contributed by atoms with Crippen molar-refractivity contribution in [1.29, 1.82) is 0 Å². The Hall–Kier alpha value is -0.830. The lowest BCUT2D eigenvalue weighted by molar-refractivity contribution is 0.155. The number of hydrogen-bond acceptors (Lipinski definition) is 2. The predicted octanol–water partition coefficient (Wildman–Crippen LogP) is 1.74. The molecule has 0 aromatic carbocycles. The fourth-order valence-corrected chi connectivity index (χ4v) is 1.31. The van der Waals surface area contributed by atoms with Gasteiger partial charge in [0.15, 0.2) is 0 Å². The van der Waals surface area contributed by atoms with Crippen molar-refractivity contribution >= 4 is 0 Å². The van der Waals surface area contributed by atoms with Crippen LogP contribution in [0.2, 0.25) is 0 Å². The molecular weight excluding hydrogens is 152 g/mol. The number of aliphatic hydroxyl groups is 1. The highest BCUT2D eigenvalue weighted by molar-refractivity contribution is 5.04. The summed E-state index contributed by atoms with van der Waals surface area (Å²) >= 11 is 0. The van der Waals surface area contributed by atoms with Crippen LogP contribution in [-0.4, -0.2) is 14.9 Å². The Bertz CT molecular complexity index is 232. The first-order chi connectivity index (χ1) is 5.79. The molecule has 1 aromatic heterocycles. The van der Waals surface area contributed by atoms with Gasteiger partial charge in [-0.05, 0) is 19.4 Å². The van der Waals surface area contributed by atoms with Gasteiger partial charge in [-0.25, -0.2) is 0 Å². The summed E-state index contributed by atoms with van der Waals surface area (Å²) < 4.78 is 1.83. The van der Waals surface area contributed by atoms with Gasteiger partial charge in [0, 0.05) is 12.7 Å². The van der Waals surface area contributed by atoms with E-state index in [-0.39, 0.29) is 6.10 Å². The molecule has 3 nitrogen and oxygen atoms in total. The lowest BCUT2D eigenvalue weighted by Crippen LogP contribution is -2.07. The van der Waals surface area contributed by atoms with Gasteiger partial charge >= 0.3 is 0 Å². The minimum Gasteiger partial charge on any atom is -0.387 e. The zero-order valence-electron chi connectivity index (χ0n) is 7.70. The molecular formula is C9H16N2O. The third-order valence-corrected chi connectivity index (χ3v) is 1.95. The standard InChI is InChI=1S/C9H16N2O/c1-3-5-9(12)8-6-7-10-11(8)4-2/h6-7,9,12H,3-5H2,1-2H3. The molecule has 0 amide bonds. The van der Waals surface area contributed by atoms with Gasteiger partial charge in [-0.1, -0.05) is 13.3 Å². The molecule has 0 fully saturated rings. The van der Waals surface area contributed by atoms with Crippen LogP contribution in [0.5, 0.6) is 0 Å². The Labute approximate surface area is 73.0 Å². The van der Waals surface area contributed by atoms with Crippen molar-refractivity contribution in [2.24, 2.45) is 0 Å². The second kappa shape index (κ2) is 4.26. The van der Waals surface area contributed by atoms with Gasteiger partial charge in [0.05, 0.1) is 11.8 Å². The van der Waals surface area contributed by atoms with E-state index in [2.05, 4.69) is 12.0 Å². The molecule has 1 unspecified atom stereocenters. The Morgan fingerprint density at radius 3 is 2.92 bits per heavy atom. The number of rotatable bonds is 4. The first-order valence-electron chi connectivity index (χ1n) is 4.49. The van der Waals surface area contributed by atoms with Gasteiger partial charge in [0.25, 0.3) is 0 Å². The Morgan fingerprint density at radius 1 is 1.58 bits per heavy atom. The highest BCUT2D eigenvalue weighted by Crippen LogP contribution is 2.16. The lowest BCUT2D eigenvalue weighted by Gasteiger charge is -2.10.